The van der Waals surface area contributed by atoms with Crippen LogP contribution in [0.1, 0.15) is 11.3 Å². The quantitative estimate of drug-likeness (QED) is 0.866. The standard InChI is InChI=1S/C14H9BrN2O2/c15-10-5-3-9(4-6-10)13-16-12(14(18)17-13)8-11-2-1-7-19-11/h1-8H,(H,16,17,18). The number of amides is 1. The molecule has 1 amide bonds. The molecular weight excluding hydrogens is 308 g/mol. The maximum absolute atomic E-state index is 11.8. The van der Waals surface area contributed by atoms with Crippen molar-refractivity contribution in [2.45, 2.75) is 0 Å². The predicted octanol–water partition coefficient (Wildman–Crippen LogP) is 2.96. The van der Waals surface area contributed by atoms with Crippen LogP contribution in [-0.4, -0.2) is 11.7 Å². The smallest absolute Gasteiger partial charge is 0.275 e. The van der Waals surface area contributed by atoms with E-state index < -0.39 is 0 Å². The van der Waals surface area contributed by atoms with E-state index in [4.69, 9.17) is 4.42 Å². The predicted molar refractivity (Wildman–Crippen MR) is 75.5 cm³/mol. The van der Waals surface area contributed by atoms with Crippen molar-refractivity contribution in [3.8, 4) is 0 Å². The fourth-order valence-corrected chi connectivity index (χ4v) is 1.99. The Morgan fingerprint density at radius 1 is 1.21 bits per heavy atom. The summed E-state index contributed by atoms with van der Waals surface area (Å²) >= 11 is 3.37. The summed E-state index contributed by atoms with van der Waals surface area (Å²) in [4.78, 5) is 16.1. The Bertz CT molecular complexity index is 670. The minimum absolute atomic E-state index is 0.227. The topological polar surface area (TPSA) is 54.6 Å². The third-order valence-electron chi connectivity index (χ3n) is 2.64. The van der Waals surface area contributed by atoms with Crippen molar-refractivity contribution in [2.75, 3.05) is 0 Å². The molecule has 0 saturated heterocycles. The average Bonchev–Trinajstić information content (AvgIpc) is 3.02. The lowest BCUT2D eigenvalue weighted by Crippen LogP contribution is -2.24. The molecule has 0 bridgehead atoms. The molecule has 1 aliphatic rings. The van der Waals surface area contributed by atoms with Gasteiger partial charge in [0.1, 0.15) is 17.3 Å². The normalized spacial score (nSPS) is 16.6. The van der Waals surface area contributed by atoms with Crippen LogP contribution in [0.2, 0.25) is 0 Å². The largest absolute Gasteiger partial charge is 0.465 e. The number of nitrogens with zero attached hydrogens (tertiary/aromatic N) is 1. The van der Waals surface area contributed by atoms with Crippen molar-refractivity contribution < 1.29 is 9.21 Å². The number of hydrogen-bond donors (Lipinski definition) is 1. The number of rotatable bonds is 2. The highest BCUT2D eigenvalue weighted by Gasteiger charge is 2.21. The van der Waals surface area contributed by atoms with Gasteiger partial charge in [-0.3, -0.25) is 4.79 Å². The molecule has 0 atom stereocenters. The maximum Gasteiger partial charge on any atom is 0.275 e. The lowest BCUT2D eigenvalue weighted by atomic mass is 10.2. The van der Waals surface area contributed by atoms with Crippen molar-refractivity contribution in [3.63, 3.8) is 0 Å². The fourth-order valence-electron chi connectivity index (χ4n) is 1.72. The molecule has 5 heteroatoms. The monoisotopic (exact) mass is 316 g/mol. The van der Waals surface area contributed by atoms with Crippen molar-refractivity contribution in [2.24, 2.45) is 4.99 Å². The summed E-state index contributed by atoms with van der Waals surface area (Å²) in [5.41, 5.74) is 1.20. The highest BCUT2D eigenvalue weighted by atomic mass is 79.9. The van der Waals surface area contributed by atoms with Crippen LogP contribution in [0, 0.1) is 0 Å². The van der Waals surface area contributed by atoms with E-state index in [9.17, 15) is 4.79 Å². The molecule has 0 aliphatic carbocycles. The molecule has 1 aliphatic heterocycles. The Morgan fingerprint density at radius 2 is 2.00 bits per heavy atom. The molecular formula is C14H9BrN2O2. The highest BCUT2D eigenvalue weighted by molar-refractivity contribution is 9.10. The number of aliphatic imine (C=N–C) groups is 1. The summed E-state index contributed by atoms with van der Waals surface area (Å²) < 4.78 is 6.15. The molecule has 2 aromatic rings. The van der Waals surface area contributed by atoms with Crippen LogP contribution in [0.5, 0.6) is 0 Å². The first kappa shape index (κ1) is 11.9. The van der Waals surface area contributed by atoms with Gasteiger partial charge in [0, 0.05) is 16.1 Å². The van der Waals surface area contributed by atoms with Gasteiger partial charge in [0.25, 0.3) is 5.91 Å². The van der Waals surface area contributed by atoms with Crippen LogP contribution in [0.3, 0.4) is 0 Å². The Hall–Kier alpha value is -2.14. The molecule has 1 N–H and O–H groups in total. The summed E-state index contributed by atoms with van der Waals surface area (Å²) in [5.74, 6) is 0.926. The Balaban J connectivity index is 1.93. The summed E-state index contributed by atoms with van der Waals surface area (Å²) in [6, 6.07) is 11.1. The summed E-state index contributed by atoms with van der Waals surface area (Å²) in [5, 5.41) is 2.74. The van der Waals surface area contributed by atoms with E-state index in [1.807, 2.05) is 24.3 Å². The van der Waals surface area contributed by atoms with Crippen molar-refractivity contribution in [3.05, 3.63) is 64.2 Å². The van der Waals surface area contributed by atoms with Gasteiger partial charge in [-0.15, -0.1) is 0 Å². The number of nitrogens with one attached hydrogen (secondary N) is 1. The van der Waals surface area contributed by atoms with Gasteiger partial charge in [-0.1, -0.05) is 28.1 Å². The van der Waals surface area contributed by atoms with Crippen LogP contribution < -0.4 is 5.32 Å². The molecule has 1 aromatic carbocycles. The summed E-state index contributed by atoms with van der Waals surface area (Å²) in [6.07, 6.45) is 3.17. The summed E-state index contributed by atoms with van der Waals surface area (Å²) in [6.45, 7) is 0. The molecule has 0 radical (unpaired) electrons. The van der Waals surface area contributed by atoms with Gasteiger partial charge in [0.15, 0.2) is 0 Å². The molecule has 2 heterocycles. The fraction of sp³-hybridized carbons (Fsp3) is 0. The van der Waals surface area contributed by atoms with Crippen LogP contribution in [0.25, 0.3) is 6.08 Å². The van der Waals surface area contributed by atoms with Gasteiger partial charge in [0.05, 0.1) is 6.26 Å². The molecule has 0 fully saturated rings. The van der Waals surface area contributed by atoms with Crippen LogP contribution in [-0.2, 0) is 4.79 Å². The number of halogens is 1. The molecule has 19 heavy (non-hydrogen) atoms. The third-order valence-corrected chi connectivity index (χ3v) is 3.17. The number of amidine groups is 1. The Labute approximate surface area is 118 Å². The van der Waals surface area contributed by atoms with Crippen LogP contribution in [0.4, 0.5) is 0 Å². The molecule has 0 saturated carbocycles. The minimum atomic E-state index is -0.227. The molecule has 3 rings (SSSR count). The van der Waals surface area contributed by atoms with Crippen molar-refractivity contribution >= 4 is 33.7 Å². The van der Waals surface area contributed by atoms with Crippen LogP contribution in [0.15, 0.2) is 62.2 Å². The van der Waals surface area contributed by atoms with Crippen molar-refractivity contribution in [1.29, 1.82) is 0 Å². The molecule has 1 aromatic heterocycles. The number of hydrogen-bond acceptors (Lipinski definition) is 3. The maximum atomic E-state index is 11.8. The van der Waals surface area contributed by atoms with Gasteiger partial charge >= 0.3 is 0 Å². The van der Waals surface area contributed by atoms with E-state index in [1.54, 1.807) is 24.5 Å². The molecule has 4 nitrogen and oxygen atoms in total. The zero-order valence-electron chi connectivity index (χ0n) is 9.76. The SMILES string of the molecule is O=C1NC(c2ccc(Br)cc2)=NC1=Cc1ccco1. The lowest BCUT2D eigenvalue weighted by molar-refractivity contribution is -0.115. The van der Waals surface area contributed by atoms with E-state index in [-0.39, 0.29) is 5.91 Å². The minimum Gasteiger partial charge on any atom is -0.465 e. The second kappa shape index (κ2) is 4.85. The first-order chi connectivity index (χ1) is 9.22. The van der Waals surface area contributed by atoms with E-state index in [0.29, 0.717) is 17.3 Å². The zero-order valence-corrected chi connectivity index (χ0v) is 11.3. The first-order valence-electron chi connectivity index (χ1n) is 5.63. The van der Waals surface area contributed by atoms with Gasteiger partial charge in [0.2, 0.25) is 0 Å². The molecule has 0 unspecified atom stereocenters. The zero-order chi connectivity index (χ0) is 13.2. The lowest BCUT2D eigenvalue weighted by Gasteiger charge is -1.99. The van der Waals surface area contributed by atoms with E-state index in [1.165, 1.54) is 0 Å². The van der Waals surface area contributed by atoms with Crippen LogP contribution >= 0.6 is 15.9 Å². The molecule has 0 spiro atoms. The molecule has 94 valence electrons. The second-order valence-corrected chi connectivity index (χ2v) is 4.88. The number of benzene rings is 1. The van der Waals surface area contributed by atoms with Crippen molar-refractivity contribution in [1.82, 2.24) is 5.32 Å². The average molecular weight is 317 g/mol. The Kier molecular flexibility index (Phi) is 3.05. The van der Waals surface area contributed by atoms with Gasteiger partial charge in [-0.05, 0) is 24.3 Å². The highest BCUT2D eigenvalue weighted by Crippen LogP contribution is 2.17. The number of carbonyl (C=O) groups is 1. The number of furan rings is 1. The van der Waals surface area contributed by atoms with Gasteiger partial charge in [-0.2, -0.15) is 0 Å². The first-order valence-corrected chi connectivity index (χ1v) is 6.43. The number of carbonyl (C=O) groups excluding carboxylic acids is 1. The summed E-state index contributed by atoms with van der Waals surface area (Å²) in [7, 11) is 0. The van der Waals surface area contributed by atoms with E-state index >= 15 is 0 Å². The van der Waals surface area contributed by atoms with Gasteiger partial charge < -0.3 is 9.73 Å². The van der Waals surface area contributed by atoms with E-state index in [2.05, 4.69) is 26.2 Å². The van der Waals surface area contributed by atoms with E-state index in [0.717, 1.165) is 10.0 Å². The third kappa shape index (κ3) is 2.51. The second-order valence-electron chi connectivity index (χ2n) is 3.97. The Morgan fingerprint density at radius 3 is 2.68 bits per heavy atom. The van der Waals surface area contributed by atoms with Gasteiger partial charge in [-0.25, -0.2) is 4.99 Å².